The number of alkyl halides is 6. The second kappa shape index (κ2) is 11.8. The average molecular weight is 771 g/mol. The molecule has 0 atom stereocenters. The van der Waals surface area contributed by atoms with Crippen LogP contribution in [0, 0.1) is 19.7 Å². The smallest absolute Gasteiger partial charge is 0.285 e. The Morgan fingerprint density at radius 1 is 0.725 bits per heavy atom. The van der Waals surface area contributed by atoms with Crippen LogP contribution in [0.2, 0.25) is 0 Å². The van der Waals surface area contributed by atoms with Crippen LogP contribution in [0.15, 0.2) is 94.6 Å². The molecule has 3 nitrogen and oxygen atoms in total. The predicted octanol–water partition coefficient (Wildman–Crippen LogP) is 12.0. The van der Waals surface area contributed by atoms with E-state index in [0.717, 1.165) is 34.0 Å². The van der Waals surface area contributed by atoms with Crippen LogP contribution in [-0.2, 0) is 0 Å². The summed E-state index contributed by atoms with van der Waals surface area (Å²) in [5.41, 5.74) is -1.89. The van der Waals surface area contributed by atoms with Gasteiger partial charge in [0, 0.05) is 68.8 Å². The van der Waals surface area contributed by atoms with E-state index in [1.807, 2.05) is 0 Å². The first kappa shape index (κ1) is 33.8. The number of amides is 1. The summed E-state index contributed by atoms with van der Waals surface area (Å²) in [5, 5.41) is 3.78. The van der Waals surface area contributed by atoms with Gasteiger partial charge in [0.1, 0.15) is 5.82 Å². The van der Waals surface area contributed by atoms with E-state index in [4.69, 9.17) is 0 Å². The maximum Gasteiger partial charge on any atom is 0.380 e. The van der Waals surface area contributed by atoms with Crippen LogP contribution in [-0.4, -0.2) is 28.2 Å². The Morgan fingerprint density at radius 3 is 2.00 bits per heavy atom. The first-order valence-corrected chi connectivity index (χ1v) is 18.6. The van der Waals surface area contributed by atoms with Crippen LogP contribution in [0.5, 0.6) is 0 Å². The second-order valence-electron chi connectivity index (χ2n) is 11.9. The fourth-order valence-corrected chi connectivity index (χ4v) is 10.2. The minimum atomic E-state index is -5.70. The zero-order valence-electron chi connectivity index (χ0n) is 26.2. The summed E-state index contributed by atoms with van der Waals surface area (Å²) in [6.07, 6.45) is 0. The summed E-state index contributed by atoms with van der Waals surface area (Å²) in [7, 11) is 0. The van der Waals surface area contributed by atoms with E-state index in [1.54, 1.807) is 57.8 Å². The predicted molar refractivity (Wildman–Crippen MR) is 192 cm³/mol. The van der Waals surface area contributed by atoms with E-state index < -0.39 is 40.6 Å². The molecule has 51 heavy (non-hydrogen) atoms. The monoisotopic (exact) mass is 770 g/mol. The van der Waals surface area contributed by atoms with Gasteiger partial charge < -0.3 is 0 Å². The van der Waals surface area contributed by atoms with Crippen molar-refractivity contribution in [3.8, 4) is 16.9 Å². The van der Waals surface area contributed by atoms with Crippen molar-refractivity contribution in [2.45, 2.75) is 31.6 Å². The fourth-order valence-electron chi connectivity index (χ4n) is 6.53. The molecule has 4 aromatic heterocycles. The molecule has 0 bridgehead atoms. The van der Waals surface area contributed by atoms with Crippen molar-refractivity contribution in [1.82, 2.24) is 4.57 Å². The zero-order valence-corrected chi connectivity index (χ0v) is 29.5. The average Bonchev–Trinajstić information content (AvgIpc) is 3.90. The summed E-state index contributed by atoms with van der Waals surface area (Å²) >= 11 is 4.46. The van der Waals surface area contributed by atoms with Gasteiger partial charge in [0.05, 0.1) is 10.6 Å². The molecule has 258 valence electrons. The molecule has 0 saturated carbocycles. The lowest BCUT2D eigenvalue weighted by molar-refractivity contribution is -0.254. The van der Waals surface area contributed by atoms with Gasteiger partial charge in [-0.25, -0.2) is 4.39 Å². The molecule has 8 rings (SSSR count). The zero-order chi connectivity index (χ0) is 36.0. The van der Waals surface area contributed by atoms with Crippen molar-refractivity contribution in [3.63, 3.8) is 0 Å². The number of halogens is 7. The van der Waals surface area contributed by atoms with Gasteiger partial charge in [0.2, 0.25) is 0 Å². The number of allylic oxidation sites excluding steroid dienone is 2. The highest BCUT2D eigenvalue weighted by atomic mass is 32.1. The molecule has 7 aromatic rings. The van der Waals surface area contributed by atoms with Crippen LogP contribution in [0.4, 0.5) is 30.7 Å². The third kappa shape index (κ3) is 5.01. The number of aryl methyl sites for hydroxylation is 2. The number of hydrogen-bond acceptors (Lipinski definition) is 5. The van der Waals surface area contributed by atoms with Crippen molar-refractivity contribution in [2.75, 3.05) is 0 Å². The first-order valence-electron chi connectivity index (χ1n) is 15.2. The lowest BCUT2D eigenvalue weighted by atomic mass is 9.91. The van der Waals surface area contributed by atoms with Crippen molar-refractivity contribution < 1.29 is 35.5 Å². The van der Waals surface area contributed by atoms with Gasteiger partial charge in [-0.3, -0.25) is 9.36 Å². The van der Waals surface area contributed by atoms with Crippen molar-refractivity contribution in [2.24, 2.45) is 4.99 Å². The number of benzene rings is 3. The Hall–Kier alpha value is -4.37. The van der Waals surface area contributed by atoms with Gasteiger partial charge in [0.25, 0.3) is 5.91 Å². The van der Waals surface area contributed by atoms with E-state index in [9.17, 15) is 9.18 Å². The van der Waals surface area contributed by atoms with E-state index >= 15 is 26.3 Å². The summed E-state index contributed by atoms with van der Waals surface area (Å²) in [6.45, 7) is 2.91. The van der Waals surface area contributed by atoms with Gasteiger partial charge in [-0.05, 0) is 61.7 Å². The number of aromatic nitrogens is 1. The summed E-state index contributed by atoms with van der Waals surface area (Å²) in [6, 6.07) is 19.9. The van der Waals surface area contributed by atoms with Crippen molar-refractivity contribution >= 4 is 82.6 Å². The molecule has 1 aliphatic carbocycles. The highest BCUT2D eigenvalue weighted by molar-refractivity contribution is 7.19. The Balaban J connectivity index is 1.35. The van der Waals surface area contributed by atoms with Crippen LogP contribution in [0.25, 0.3) is 48.3 Å². The lowest BCUT2D eigenvalue weighted by Gasteiger charge is -2.26. The quantitative estimate of drug-likeness (QED) is 0.161. The number of thiazole rings is 1. The van der Waals surface area contributed by atoms with E-state index in [2.05, 4.69) is 4.99 Å². The number of fused-ring (bicyclic) bond motifs is 2. The fraction of sp³-hybridized carbons (Fsp3) is 0.135. The first-order chi connectivity index (χ1) is 24.2. The molecule has 1 amide bonds. The van der Waals surface area contributed by atoms with Crippen LogP contribution < -0.4 is 4.80 Å². The molecule has 1 aliphatic rings. The highest BCUT2D eigenvalue weighted by Crippen LogP contribution is 2.67. The number of carbonyl (C=O) groups is 1. The van der Waals surface area contributed by atoms with Crippen LogP contribution in [0.3, 0.4) is 0 Å². The minimum Gasteiger partial charge on any atom is -0.285 e. The van der Waals surface area contributed by atoms with Gasteiger partial charge >= 0.3 is 17.8 Å². The molecule has 3 aromatic carbocycles. The number of rotatable bonds is 5. The number of hydrogen-bond donors (Lipinski definition) is 0. The molecule has 0 aliphatic heterocycles. The molecular weight excluding hydrogens is 750 g/mol. The molecule has 14 heteroatoms. The molecule has 0 unspecified atom stereocenters. The Labute approximate surface area is 300 Å². The second-order valence-corrected chi connectivity index (χ2v) is 16.2. The third-order valence-electron chi connectivity index (χ3n) is 8.82. The van der Waals surface area contributed by atoms with Gasteiger partial charge in [-0.15, -0.1) is 45.3 Å². The SMILES string of the molecule is Cc1sc2ccccc2c1C1=C(c2c(C)sc3cc(-c4csc(=NC(=O)c5cccs5)n4-c4ccc(F)cc4)ccc23)C(F)(F)C(F)(F)C1(F)F. The standard InChI is InChI=1S/C37H21F7N2OS4/c1-18-29(23-6-3-4-7-26(23)50-18)31-32(36(41,42)37(43,44)35(31,39)40)30-19(2)51-28-16-20(9-14-24(28)30)25-17-49-34(45-33(47)27-8-5-15-48-27)46(25)22-12-10-21(38)11-13-22/h3-17H,1-2H3. The van der Waals surface area contributed by atoms with Gasteiger partial charge in [-0.1, -0.05) is 36.4 Å². The molecule has 0 N–H and O–H groups in total. The maximum absolute atomic E-state index is 16.0. The minimum absolute atomic E-state index is 0.112. The van der Waals surface area contributed by atoms with Crippen LogP contribution >= 0.6 is 45.3 Å². The third-order valence-corrected chi connectivity index (χ3v) is 12.7. The lowest BCUT2D eigenvalue weighted by Crippen LogP contribution is -2.48. The molecule has 0 spiro atoms. The molecule has 0 radical (unpaired) electrons. The van der Waals surface area contributed by atoms with E-state index in [1.165, 1.54) is 61.6 Å². The largest absolute Gasteiger partial charge is 0.380 e. The van der Waals surface area contributed by atoms with Gasteiger partial charge in [-0.2, -0.15) is 31.3 Å². The molecule has 4 heterocycles. The maximum atomic E-state index is 16.0. The normalized spacial score (nSPS) is 16.9. The Kier molecular flexibility index (Phi) is 7.83. The molecule has 0 fully saturated rings. The summed E-state index contributed by atoms with van der Waals surface area (Å²) in [5.74, 6) is -17.0. The number of thiophene rings is 3. The Bertz CT molecular complexity index is 2620. The van der Waals surface area contributed by atoms with Crippen molar-refractivity contribution in [3.05, 3.63) is 126 Å². The van der Waals surface area contributed by atoms with Crippen molar-refractivity contribution in [1.29, 1.82) is 0 Å². The van der Waals surface area contributed by atoms with E-state index in [0.29, 0.717) is 31.2 Å². The Morgan fingerprint density at radius 2 is 1.35 bits per heavy atom. The molecule has 0 saturated heterocycles. The summed E-state index contributed by atoms with van der Waals surface area (Å²) in [4.78, 5) is 18.3. The highest BCUT2D eigenvalue weighted by Gasteiger charge is 2.80. The number of nitrogens with zero attached hydrogens (tertiary/aromatic N) is 2. The van der Waals surface area contributed by atoms with Crippen LogP contribution in [0.1, 0.15) is 30.6 Å². The topological polar surface area (TPSA) is 34.4 Å². The number of carbonyl (C=O) groups excluding carboxylic acids is 1. The van der Waals surface area contributed by atoms with Gasteiger partial charge in [0.15, 0.2) is 4.80 Å². The molecular formula is C37H21F7N2OS4. The van der Waals surface area contributed by atoms with E-state index in [-0.39, 0.29) is 36.5 Å². The summed E-state index contributed by atoms with van der Waals surface area (Å²) < 4.78 is 111.